The Morgan fingerprint density at radius 3 is 2.57 bits per heavy atom. The molecule has 4 N–H and O–H groups in total. The Labute approximate surface area is 128 Å². The molecule has 6 heteroatoms. The van der Waals surface area contributed by atoms with Crippen molar-refractivity contribution in [3.8, 4) is 0 Å². The van der Waals surface area contributed by atoms with Gasteiger partial charge in [-0.1, -0.05) is 6.42 Å². The SMILES string of the molecule is COCCCN(CCOC)CCC1CCCC1(N)C(N)=O. The van der Waals surface area contributed by atoms with Crippen LogP contribution in [0.25, 0.3) is 0 Å². The lowest BCUT2D eigenvalue weighted by Gasteiger charge is -2.30. The third-order valence-corrected chi connectivity index (χ3v) is 4.56. The second-order valence-electron chi connectivity index (χ2n) is 5.96. The summed E-state index contributed by atoms with van der Waals surface area (Å²) in [6, 6.07) is 0. The van der Waals surface area contributed by atoms with Crippen LogP contribution in [0.15, 0.2) is 0 Å². The lowest BCUT2D eigenvalue weighted by molar-refractivity contribution is -0.124. The van der Waals surface area contributed by atoms with E-state index in [2.05, 4.69) is 4.90 Å². The van der Waals surface area contributed by atoms with Crippen molar-refractivity contribution < 1.29 is 14.3 Å². The van der Waals surface area contributed by atoms with Gasteiger partial charge in [-0.2, -0.15) is 0 Å². The number of amides is 1. The molecule has 21 heavy (non-hydrogen) atoms. The molecule has 0 aromatic rings. The van der Waals surface area contributed by atoms with Crippen LogP contribution in [0.1, 0.15) is 32.1 Å². The molecule has 1 amide bonds. The summed E-state index contributed by atoms with van der Waals surface area (Å²) in [5, 5.41) is 0. The van der Waals surface area contributed by atoms with E-state index in [0.29, 0.717) is 6.61 Å². The molecule has 0 spiro atoms. The molecule has 2 atom stereocenters. The summed E-state index contributed by atoms with van der Waals surface area (Å²) in [7, 11) is 3.43. The highest BCUT2D eigenvalue weighted by Gasteiger charge is 2.43. The quantitative estimate of drug-likeness (QED) is 0.537. The number of nitrogens with two attached hydrogens (primary N) is 2. The lowest BCUT2D eigenvalue weighted by atomic mass is 9.85. The van der Waals surface area contributed by atoms with Gasteiger partial charge in [0.2, 0.25) is 5.91 Å². The van der Waals surface area contributed by atoms with Crippen molar-refractivity contribution in [3.63, 3.8) is 0 Å². The van der Waals surface area contributed by atoms with Crippen molar-refractivity contribution in [2.45, 2.75) is 37.6 Å². The number of methoxy groups -OCH3 is 2. The number of hydrogen-bond acceptors (Lipinski definition) is 5. The van der Waals surface area contributed by atoms with E-state index in [-0.39, 0.29) is 11.8 Å². The first-order chi connectivity index (χ1) is 10.0. The highest BCUT2D eigenvalue weighted by Crippen LogP contribution is 2.35. The zero-order chi connectivity index (χ0) is 15.7. The third-order valence-electron chi connectivity index (χ3n) is 4.56. The summed E-state index contributed by atoms with van der Waals surface area (Å²) in [5.41, 5.74) is 10.9. The maximum Gasteiger partial charge on any atom is 0.237 e. The van der Waals surface area contributed by atoms with Gasteiger partial charge in [-0.05, 0) is 38.1 Å². The molecule has 1 aliphatic carbocycles. The van der Waals surface area contributed by atoms with Crippen molar-refractivity contribution in [1.29, 1.82) is 0 Å². The first-order valence-corrected chi connectivity index (χ1v) is 7.83. The minimum atomic E-state index is -0.806. The highest BCUT2D eigenvalue weighted by atomic mass is 16.5. The van der Waals surface area contributed by atoms with Crippen molar-refractivity contribution in [2.75, 3.05) is 47.1 Å². The van der Waals surface area contributed by atoms with E-state index in [1.807, 2.05) is 0 Å². The van der Waals surface area contributed by atoms with E-state index in [9.17, 15) is 4.79 Å². The van der Waals surface area contributed by atoms with Crippen LogP contribution in [0.5, 0.6) is 0 Å². The minimum Gasteiger partial charge on any atom is -0.385 e. The Kier molecular flexibility index (Phi) is 8.18. The van der Waals surface area contributed by atoms with Gasteiger partial charge in [0.25, 0.3) is 0 Å². The van der Waals surface area contributed by atoms with Gasteiger partial charge in [0, 0.05) is 33.9 Å². The van der Waals surface area contributed by atoms with Crippen LogP contribution in [-0.2, 0) is 14.3 Å². The normalized spacial score (nSPS) is 25.6. The maximum absolute atomic E-state index is 11.6. The van der Waals surface area contributed by atoms with Crippen molar-refractivity contribution in [3.05, 3.63) is 0 Å². The van der Waals surface area contributed by atoms with Crippen molar-refractivity contribution in [2.24, 2.45) is 17.4 Å². The molecule has 0 saturated heterocycles. The van der Waals surface area contributed by atoms with Crippen molar-refractivity contribution >= 4 is 5.91 Å². The van der Waals surface area contributed by atoms with Gasteiger partial charge in [-0.25, -0.2) is 0 Å². The summed E-state index contributed by atoms with van der Waals surface area (Å²) in [5.74, 6) is -0.157. The zero-order valence-electron chi connectivity index (χ0n) is 13.5. The van der Waals surface area contributed by atoms with Gasteiger partial charge >= 0.3 is 0 Å². The Hall–Kier alpha value is -0.690. The van der Waals surface area contributed by atoms with Gasteiger partial charge in [-0.15, -0.1) is 0 Å². The second-order valence-corrected chi connectivity index (χ2v) is 5.96. The average Bonchev–Trinajstić information content (AvgIpc) is 2.84. The summed E-state index contributed by atoms with van der Waals surface area (Å²) in [4.78, 5) is 14.0. The number of ether oxygens (including phenoxy) is 2. The molecular formula is C15H31N3O3. The predicted octanol–water partition coefficient (Wildman–Crippen LogP) is 0.344. The molecule has 1 fully saturated rings. The van der Waals surface area contributed by atoms with Crippen LogP contribution >= 0.6 is 0 Å². The molecule has 0 aromatic carbocycles. The molecule has 1 rings (SSSR count). The molecule has 0 radical (unpaired) electrons. The number of carbonyl (C=O) groups is 1. The van der Waals surface area contributed by atoms with Crippen LogP contribution in [-0.4, -0.2) is 63.4 Å². The van der Waals surface area contributed by atoms with Crippen LogP contribution < -0.4 is 11.5 Å². The van der Waals surface area contributed by atoms with Gasteiger partial charge in [-0.3, -0.25) is 4.79 Å². The molecule has 0 aliphatic heterocycles. The second kappa shape index (κ2) is 9.35. The molecular weight excluding hydrogens is 270 g/mol. The first-order valence-electron chi connectivity index (χ1n) is 7.83. The third kappa shape index (κ3) is 5.54. The topological polar surface area (TPSA) is 90.8 Å². The van der Waals surface area contributed by atoms with Gasteiger partial charge in [0.1, 0.15) is 0 Å². The maximum atomic E-state index is 11.6. The van der Waals surface area contributed by atoms with E-state index in [4.69, 9.17) is 20.9 Å². The van der Waals surface area contributed by atoms with Gasteiger partial charge < -0.3 is 25.8 Å². The fraction of sp³-hybridized carbons (Fsp3) is 0.933. The Balaban J connectivity index is 2.45. The van der Waals surface area contributed by atoms with Crippen molar-refractivity contribution in [1.82, 2.24) is 4.90 Å². The van der Waals surface area contributed by atoms with E-state index in [1.54, 1.807) is 14.2 Å². The minimum absolute atomic E-state index is 0.197. The standard InChI is InChI=1S/C15H31N3O3/c1-20-11-4-8-18(10-12-21-2)9-6-13-5-3-7-15(13,17)14(16)19/h13H,3-12,17H2,1-2H3,(H2,16,19). The zero-order valence-corrected chi connectivity index (χ0v) is 13.5. The first kappa shape index (κ1) is 18.4. The van der Waals surface area contributed by atoms with E-state index in [1.165, 1.54) is 0 Å². The fourth-order valence-electron chi connectivity index (χ4n) is 3.16. The van der Waals surface area contributed by atoms with Crippen LogP contribution in [0.3, 0.4) is 0 Å². The fourth-order valence-corrected chi connectivity index (χ4v) is 3.16. The van der Waals surface area contributed by atoms with Gasteiger partial charge in [0.15, 0.2) is 0 Å². The molecule has 1 aliphatic rings. The Morgan fingerprint density at radius 2 is 1.95 bits per heavy atom. The van der Waals surface area contributed by atoms with E-state index < -0.39 is 5.54 Å². The number of primary amides is 1. The number of carbonyl (C=O) groups excluding carboxylic acids is 1. The average molecular weight is 301 g/mol. The Morgan fingerprint density at radius 1 is 1.24 bits per heavy atom. The summed E-state index contributed by atoms with van der Waals surface area (Å²) >= 11 is 0. The molecule has 6 nitrogen and oxygen atoms in total. The van der Waals surface area contributed by atoms with E-state index in [0.717, 1.165) is 58.3 Å². The summed E-state index contributed by atoms with van der Waals surface area (Å²) in [6.07, 6.45) is 4.61. The molecule has 0 bridgehead atoms. The molecule has 2 unspecified atom stereocenters. The van der Waals surface area contributed by atoms with E-state index >= 15 is 0 Å². The van der Waals surface area contributed by atoms with Crippen LogP contribution in [0, 0.1) is 5.92 Å². The van der Waals surface area contributed by atoms with Gasteiger partial charge in [0.05, 0.1) is 12.1 Å². The smallest absolute Gasteiger partial charge is 0.237 e. The van der Waals surface area contributed by atoms with Crippen LogP contribution in [0.4, 0.5) is 0 Å². The number of rotatable bonds is 11. The number of nitrogens with zero attached hydrogens (tertiary/aromatic N) is 1. The largest absolute Gasteiger partial charge is 0.385 e. The summed E-state index contributed by atoms with van der Waals surface area (Å²) in [6.45, 7) is 4.25. The predicted molar refractivity (Wildman–Crippen MR) is 82.9 cm³/mol. The molecule has 0 heterocycles. The molecule has 1 saturated carbocycles. The Bertz CT molecular complexity index is 315. The summed E-state index contributed by atoms with van der Waals surface area (Å²) < 4.78 is 10.3. The van der Waals surface area contributed by atoms with Crippen LogP contribution in [0.2, 0.25) is 0 Å². The molecule has 0 aromatic heterocycles. The monoisotopic (exact) mass is 301 g/mol. The molecule has 124 valence electrons. The highest BCUT2D eigenvalue weighted by molar-refractivity contribution is 5.85. The number of hydrogen-bond donors (Lipinski definition) is 2. The lowest BCUT2D eigenvalue weighted by Crippen LogP contribution is -2.55.